The topological polar surface area (TPSA) is 61.6 Å². The number of aromatic nitrogens is 1. The van der Waals surface area contributed by atoms with E-state index in [1.807, 2.05) is 25.1 Å². The highest BCUT2D eigenvalue weighted by atomic mass is 16.5. The quantitative estimate of drug-likeness (QED) is 0.389. The first kappa shape index (κ1) is 20.0. The lowest BCUT2D eigenvalue weighted by molar-refractivity contribution is 0.0526. The molecule has 1 aromatic carbocycles. The van der Waals surface area contributed by atoms with Crippen molar-refractivity contribution in [2.75, 3.05) is 13.2 Å². The van der Waals surface area contributed by atoms with Gasteiger partial charge in [-0.1, -0.05) is 30.8 Å². The molecule has 0 bridgehead atoms. The molecule has 0 unspecified atom stereocenters. The highest BCUT2D eigenvalue weighted by molar-refractivity contribution is 5.89. The van der Waals surface area contributed by atoms with Crippen LogP contribution in [0.1, 0.15) is 67.3 Å². The van der Waals surface area contributed by atoms with Crippen molar-refractivity contribution in [1.82, 2.24) is 5.16 Å². The molecule has 2 aromatic rings. The summed E-state index contributed by atoms with van der Waals surface area (Å²) in [4.78, 5) is 11.6. The molecule has 26 heavy (non-hydrogen) atoms. The van der Waals surface area contributed by atoms with Crippen LogP contribution in [0.5, 0.6) is 5.75 Å². The molecule has 0 aliphatic rings. The summed E-state index contributed by atoms with van der Waals surface area (Å²) < 4.78 is 15.9. The summed E-state index contributed by atoms with van der Waals surface area (Å²) in [5.74, 6) is 1.49. The molecule has 2 rings (SSSR count). The van der Waals surface area contributed by atoms with Crippen LogP contribution in [0, 0.1) is 6.92 Å². The van der Waals surface area contributed by atoms with E-state index >= 15 is 0 Å². The number of aryl methyl sites for hydroxylation is 2. The van der Waals surface area contributed by atoms with E-state index in [1.165, 1.54) is 25.7 Å². The number of ether oxygens (including phenoxy) is 2. The summed E-state index contributed by atoms with van der Waals surface area (Å²) in [5.41, 5.74) is 1.51. The highest BCUT2D eigenvalue weighted by Gasteiger charge is 2.05. The van der Waals surface area contributed by atoms with Crippen LogP contribution in [-0.2, 0) is 11.2 Å². The molecule has 5 nitrogen and oxygen atoms in total. The van der Waals surface area contributed by atoms with Crippen LogP contribution < -0.4 is 4.74 Å². The van der Waals surface area contributed by atoms with Gasteiger partial charge in [0.1, 0.15) is 11.5 Å². The minimum atomic E-state index is -0.294. The van der Waals surface area contributed by atoms with Gasteiger partial charge >= 0.3 is 5.97 Å². The highest BCUT2D eigenvalue weighted by Crippen LogP contribution is 2.14. The molecule has 0 fully saturated rings. The maximum absolute atomic E-state index is 11.6. The Morgan fingerprint density at radius 3 is 2.38 bits per heavy atom. The van der Waals surface area contributed by atoms with E-state index in [4.69, 9.17) is 14.0 Å². The molecule has 0 amide bonds. The molecule has 1 heterocycles. The number of hydrogen-bond acceptors (Lipinski definition) is 5. The Balaban J connectivity index is 1.48. The second kappa shape index (κ2) is 11.3. The first-order valence-electron chi connectivity index (χ1n) is 9.51. The molecular formula is C21H29NO4. The van der Waals surface area contributed by atoms with Crippen molar-refractivity contribution in [3.63, 3.8) is 0 Å². The predicted molar refractivity (Wildman–Crippen MR) is 101 cm³/mol. The van der Waals surface area contributed by atoms with E-state index in [0.29, 0.717) is 18.8 Å². The van der Waals surface area contributed by atoms with Crippen molar-refractivity contribution in [2.45, 2.75) is 58.8 Å². The third kappa shape index (κ3) is 7.30. The van der Waals surface area contributed by atoms with Crippen molar-refractivity contribution in [3.05, 3.63) is 47.3 Å². The van der Waals surface area contributed by atoms with Crippen molar-refractivity contribution >= 4 is 5.97 Å². The van der Waals surface area contributed by atoms with Gasteiger partial charge in [0.15, 0.2) is 0 Å². The molecule has 0 aliphatic carbocycles. The number of esters is 1. The molecule has 1 aromatic heterocycles. The molecule has 0 N–H and O–H groups in total. The van der Waals surface area contributed by atoms with Crippen LogP contribution in [0.15, 0.2) is 34.9 Å². The van der Waals surface area contributed by atoms with Crippen molar-refractivity contribution in [3.8, 4) is 5.75 Å². The first-order chi connectivity index (χ1) is 12.7. The Bertz CT molecular complexity index is 648. The van der Waals surface area contributed by atoms with Crippen LogP contribution >= 0.6 is 0 Å². The second-order valence-electron chi connectivity index (χ2n) is 6.40. The van der Waals surface area contributed by atoms with Gasteiger partial charge in [-0.3, -0.25) is 0 Å². The molecule has 0 saturated heterocycles. The van der Waals surface area contributed by atoms with Gasteiger partial charge in [0.2, 0.25) is 0 Å². The van der Waals surface area contributed by atoms with E-state index in [1.54, 1.807) is 19.1 Å². The van der Waals surface area contributed by atoms with Gasteiger partial charge < -0.3 is 14.0 Å². The lowest BCUT2D eigenvalue weighted by atomic mass is 10.1. The summed E-state index contributed by atoms with van der Waals surface area (Å²) in [6.45, 7) is 4.84. The van der Waals surface area contributed by atoms with E-state index < -0.39 is 0 Å². The fourth-order valence-corrected chi connectivity index (χ4v) is 2.73. The number of hydrogen-bond donors (Lipinski definition) is 0. The fraction of sp³-hybridized carbons (Fsp3) is 0.524. The second-order valence-corrected chi connectivity index (χ2v) is 6.40. The summed E-state index contributed by atoms with van der Waals surface area (Å²) >= 11 is 0. The summed E-state index contributed by atoms with van der Waals surface area (Å²) in [6.07, 6.45) is 8.02. The van der Waals surface area contributed by atoms with Gasteiger partial charge in [0.05, 0.1) is 24.5 Å². The molecule has 0 aliphatic heterocycles. The zero-order chi connectivity index (χ0) is 18.6. The number of carbonyl (C=O) groups is 1. The van der Waals surface area contributed by atoms with Crippen LogP contribution in [0.3, 0.4) is 0 Å². The fourth-order valence-electron chi connectivity index (χ4n) is 2.73. The van der Waals surface area contributed by atoms with Gasteiger partial charge in [0.25, 0.3) is 0 Å². The van der Waals surface area contributed by atoms with Crippen molar-refractivity contribution in [2.24, 2.45) is 0 Å². The Hall–Kier alpha value is -2.30. The maximum Gasteiger partial charge on any atom is 0.338 e. The molecule has 142 valence electrons. The van der Waals surface area contributed by atoms with Gasteiger partial charge in [-0.2, -0.15) is 0 Å². The lowest BCUT2D eigenvalue weighted by Crippen LogP contribution is -2.04. The van der Waals surface area contributed by atoms with E-state index in [-0.39, 0.29) is 5.97 Å². The Morgan fingerprint density at radius 1 is 1.04 bits per heavy atom. The van der Waals surface area contributed by atoms with Crippen LogP contribution in [0.25, 0.3) is 0 Å². The summed E-state index contributed by atoms with van der Waals surface area (Å²) in [6, 6.07) is 9.12. The standard InChI is InChI=1S/C21H29NO4/c1-3-24-21(23)18-11-13-19(14-12-18)25-15-9-7-5-4-6-8-10-20-16-17(2)22-26-20/h11-14,16H,3-10,15H2,1-2H3. The van der Waals surface area contributed by atoms with E-state index in [9.17, 15) is 4.79 Å². The number of unbranched alkanes of at least 4 members (excludes halogenated alkanes) is 5. The first-order valence-corrected chi connectivity index (χ1v) is 9.51. The van der Waals surface area contributed by atoms with Gasteiger partial charge in [-0.25, -0.2) is 4.79 Å². The van der Waals surface area contributed by atoms with Crippen molar-refractivity contribution < 1.29 is 18.8 Å². The van der Waals surface area contributed by atoms with Crippen LogP contribution in [0.4, 0.5) is 0 Å². The Kier molecular flexibility index (Phi) is 8.73. The monoisotopic (exact) mass is 359 g/mol. The van der Waals surface area contributed by atoms with Crippen molar-refractivity contribution in [1.29, 1.82) is 0 Å². The van der Waals surface area contributed by atoms with Gasteiger partial charge in [0, 0.05) is 12.5 Å². The molecule has 0 atom stereocenters. The molecular weight excluding hydrogens is 330 g/mol. The van der Waals surface area contributed by atoms with E-state index in [2.05, 4.69) is 5.16 Å². The maximum atomic E-state index is 11.6. The zero-order valence-corrected chi connectivity index (χ0v) is 15.8. The molecule has 0 saturated carbocycles. The largest absolute Gasteiger partial charge is 0.494 e. The Labute approximate surface area is 155 Å². The SMILES string of the molecule is CCOC(=O)c1ccc(OCCCCCCCCc2cc(C)no2)cc1. The molecule has 0 radical (unpaired) electrons. The third-order valence-electron chi connectivity index (χ3n) is 4.13. The number of rotatable bonds is 12. The minimum absolute atomic E-state index is 0.294. The molecule has 5 heteroatoms. The van der Waals surface area contributed by atoms with Gasteiger partial charge in [-0.05, 0) is 51.0 Å². The van der Waals surface area contributed by atoms with Gasteiger partial charge in [-0.15, -0.1) is 0 Å². The normalized spacial score (nSPS) is 10.7. The zero-order valence-electron chi connectivity index (χ0n) is 15.8. The number of nitrogens with zero attached hydrogens (tertiary/aromatic N) is 1. The minimum Gasteiger partial charge on any atom is -0.494 e. The number of benzene rings is 1. The number of carbonyl (C=O) groups excluding carboxylic acids is 1. The van der Waals surface area contributed by atoms with Crippen LogP contribution in [-0.4, -0.2) is 24.3 Å². The average molecular weight is 359 g/mol. The Morgan fingerprint density at radius 2 is 1.73 bits per heavy atom. The third-order valence-corrected chi connectivity index (χ3v) is 4.13. The smallest absolute Gasteiger partial charge is 0.338 e. The predicted octanol–water partition coefficient (Wildman–Crippen LogP) is 5.12. The summed E-state index contributed by atoms with van der Waals surface area (Å²) in [7, 11) is 0. The van der Waals surface area contributed by atoms with E-state index in [0.717, 1.165) is 36.5 Å². The van der Waals surface area contributed by atoms with Crippen LogP contribution in [0.2, 0.25) is 0 Å². The average Bonchev–Trinajstić information content (AvgIpc) is 3.06. The molecule has 0 spiro atoms. The summed E-state index contributed by atoms with van der Waals surface area (Å²) in [5, 5.41) is 3.90. The lowest BCUT2D eigenvalue weighted by Gasteiger charge is -2.07.